The number of amides is 1. The van der Waals surface area contributed by atoms with E-state index in [-0.39, 0.29) is 42.1 Å². The average molecular weight is 460 g/mol. The summed E-state index contributed by atoms with van der Waals surface area (Å²) < 4.78 is 24.0. The molecule has 2 saturated heterocycles. The topological polar surface area (TPSA) is 77.5 Å². The van der Waals surface area contributed by atoms with Crippen LogP contribution in [-0.4, -0.2) is 74.8 Å². The van der Waals surface area contributed by atoms with E-state index in [0.29, 0.717) is 26.2 Å². The zero-order valence-electron chi connectivity index (χ0n) is 20.9. The average Bonchev–Trinajstić information content (AvgIpc) is 3.04. The molecule has 1 amide bonds. The molecule has 2 rings (SSSR count). The number of ether oxygens (including phenoxy) is 3. The summed E-state index contributed by atoms with van der Waals surface area (Å²) in [5.74, 6) is -0.217. The quantitative estimate of drug-likeness (QED) is 0.563. The van der Waals surface area contributed by atoms with E-state index in [1.165, 1.54) is 0 Å². The van der Waals surface area contributed by atoms with Crippen molar-refractivity contribution in [2.75, 3.05) is 26.4 Å². The first kappa shape index (κ1) is 26.6. The standard InChI is InChI=1S/C23H45NO6Si/c1-22(2,3)29-21(26)24-14-18(30-31(7,8)23(4,5)6)13-19(24)17(15-25)16-28-20-11-9-10-12-27-20/h17-20,25H,9-16H2,1-8H3/t17?,18-,19+,20?/m1/s1. The van der Waals surface area contributed by atoms with Crippen molar-refractivity contribution in [1.29, 1.82) is 0 Å². The van der Waals surface area contributed by atoms with Gasteiger partial charge >= 0.3 is 6.09 Å². The van der Waals surface area contributed by atoms with E-state index in [1.54, 1.807) is 4.90 Å². The number of nitrogens with zero attached hydrogens (tertiary/aromatic N) is 1. The summed E-state index contributed by atoms with van der Waals surface area (Å²) in [5, 5.41) is 10.2. The van der Waals surface area contributed by atoms with Gasteiger partial charge in [-0.1, -0.05) is 20.8 Å². The van der Waals surface area contributed by atoms with E-state index in [9.17, 15) is 9.90 Å². The number of hydrogen-bond donors (Lipinski definition) is 1. The van der Waals surface area contributed by atoms with E-state index in [4.69, 9.17) is 18.6 Å². The second-order valence-corrected chi connectivity index (χ2v) is 16.3. The molecular formula is C23H45NO6Si. The molecule has 0 aliphatic carbocycles. The van der Waals surface area contributed by atoms with Crippen molar-refractivity contribution < 1.29 is 28.5 Å². The molecule has 1 N–H and O–H groups in total. The monoisotopic (exact) mass is 459 g/mol. The van der Waals surface area contributed by atoms with Crippen molar-refractivity contribution >= 4 is 14.4 Å². The first-order chi connectivity index (χ1) is 14.2. The molecule has 0 radical (unpaired) electrons. The van der Waals surface area contributed by atoms with Crippen LogP contribution in [0.3, 0.4) is 0 Å². The first-order valence-electron chi connectivity index (χ1n) is 11.7. The molecule has 0 saturated carbocycles. The van der Waals surface area contributed by atoms with Crippen LogP contribution in [0.15, 0.2) is 0 Å². The van der Waals surface area contributed by atoms with Crippen molar-refractivity contribution in [3.8, 4) is 0 Å². The van der Waals surface area contributed by atoms with Crippen LogP contribution in [0.2, 0.25) is 18.1 Å². The number of aliphatic hydroxyl groups excluding tert-OH is 1. The molecule has 7 nitrogen and oxygen atoms in total. The lowest BCUT2D eigenvalue weighted by atomic mass is 9.98. The molecule has 4 atom stereocenters. The summed E-state index contributed by atoms with van der Waals surface area (Å²) >= 11 is 0. The molecule has 0 bridgehead atoms. The van der Waals surface area contributed by atoms with Crippen molar-refractivity contribution in [3.05, 3.63) is 0 Å². The highest BCUT2D eigenvalue weighted by atomic mass is 28.4. The van der Waals surface area contributed by atoms with Gasteiger partial charge in [-0.2, -0.15) is 0 Å². The van der Waals surface area contributed by atoms with Crippen LogP contribution in [-0.2, 0) is 18.6 Å². The van der Waals surface area contributed by atoms with Crippen LogP contribution in [0.4, 0.5) is 4.79 Å². The Morgan fingerprint density at radius 3 is 2.39 bits per heavy atom. The summed E-state index contributed by atoms with van der Waals surface area (Å²) in [7, 11) is -1.99. The maximum Gasteiger partial charge on any atom is 0.410 e. The first-order valence-corrected chi connectivity index (χ1v) is 14.7. The van der Waals surface area contributed by atoms with Gasteiger partial charge in [0.15, 0.2) is 14.6 Å². The van der Waals surface area contributed by atoms with Gasteiger partial charge in [0.05, 0.1) is 19.3 Å². The summed E-state index contributed by atoms with van der Waals surface area (Å²) in [5.41, 5.74) is -0.582. The number of aliphatic hydroxyl groups is 1. The minimum atomic E-state index is -1.99. The Kier molecular flexibility index (Phi) is 9.01. The lowest BCUT2D eigenvalue weighted by molar-refractivity contribution is -0.173. The Hall–Kier alpha value is -0.673. The molecule has 0 aromatic heterocycles. The molecule has 2 aliphatic heterocycles. The molecule has 2 unspecified atom stereocenters. The van der Waals surface area contributed by atoms with Gasteiger partial charge in [-0.3, -0.25) is 0 Å². The van der Waals surface area contributed by atoms with E-state index >= 15 is 0 Å². The third-order valence-electron chi connectivity index (χ3n) is 6.61. The van der Waals surface area contributed by atoms with Gasteiger partial charge in [-0.05, 0) is 64.6 Å². The molecule has 2 aliphatic rings. The summed E-state index contributed by atoms with van der Waals surface area (Å²) in [6.07, 6.45) is 3.04. The summed E-state index contributed by atoms with van der Waals surface area (Å²) in [4.78, 5) is 14.8. The van der Waals surface area contributed by atoms with Crippen LogP contribution in [0, 0.1) is 5.92 Å². The van der Waals surface area contributed by atoms with E-state index in [2.05, 4.69) is 33.9 Å². The highest BCUT2D eigenvalue weighted by Gasteiger charge is 2.46. The van der Waals surface area contributed by atoms with Gasteiger partial charge in [0.25, 0.3) is 0 Å². The van der Waals surface area contributed by atoms with E-state index in [0.717, 1.165) is 19.3 Å². The van der Waals surface area contributed by atoms with Gasteiger partial charge in [0.2, 0.25) is 0 Å². The second kappa shape index (κ2) is 10.5. The highest BCUT2D eigenvalue weighted by Crippen LogP contribution is 2.39. The predicted molar refractivity (Wildman–Crippen MR) is 124 cm³/mol. The number of hydrogen-bond acceptors (Lipinski definition) is 6. The van der Waals surface area contributed by atoms with Crippen LogP contribution < -0.4 is 0 Å². The molecule has 31 heavy (non-hydrogen) atoms. The molecule has 0 spiro atoms. The number of likely N-dealkylation sites (tertiary alicyclic amines) is 1. The molecule has 2 fully saturated rings. The van der Waals surface area contributed by atoms with Gasteiger partial charge in [0, 0.05) is 25.1 Å². The minimum Gasteiger partial charge on any atom is -0.444 e. The Morgan fingerprint density at radius 2 is 1.87 bits per heavy atom. The Bertz CT molecular complexity index is 580. The molecule has 0 aromatic rings. The lowest BCUT2D eigenvalue weighted by Crippen LogP contribution is -2.46. The van der Waals surface area contributed by atoms with Gasteiger partial charge < -0.3 is 28.6 Å². The maximum atomic E-state index is 13.0. The lowest BCUT2D eigenvalue weighted by Gasteiger charge is -2.38. The fraction of sp³-hybridized carbons (Fsp3) is 0.957. The third kappa shape index (κ3) is 7.70. The smallest absolute Gasteiger partial charge is 0.410 e. The molecule has 182 valence electrons. The van der Waals surface area contributed by atoms with E-state index in [1.807, 2.05) is 20.8 Å². The van der Waals surface area contributed by atoms with Crippen molar-refractivity contribution in [1.82, 2.24) is 4.90 Å². The van der Waals surface area contributed by atoms with Gasteiger partial charge in [-0.15, -0.1) is 0 Å². The fourth-order valence-corrected chi connectivity index (χ4v) is 5.20. The predicted octanol–water partition coefficient (Wildman–Crippen LogP) is 4.54. The van der Waals surface area contributed by atoms with E-state index < -0.39 is 13.9 Å². The van der Waals surface area contributed by atoms with Crippen molar-refractivity contribution in [2.45, 2.75) is 109 Å². The number of carbonyl (C=O) groups excluding carboxylic acids is 1. The normalized spacial score (nSPS) is 26.7. The Morgan fingerprint density at radius 1 is 1.19 bits per heavy atom. The fourth-order valence-electron chi connectivity index (χ4n) is 3.84. The van der Waals surface area contributed by atoms with Crippen molar-refractivity contribution in [2.24, 2.45) is 5.92 Å². The SMILES string of the molecule is CC(C)(C)OC(=O)N1C[C@H](O[Si](C)(C)C(C)(C)C)C[C@H]1C(CO)COC1CCCCO1. The van der Waals surface area contributed by atoms with Crippen LogP contribution in [0.25, 0.3) is 0 Å². The molecule has 2 heterocycles. The Labute approximate surface area is 189 Å². The maximum absolute atomic E-state index is 13.0. The molecular weight excluding hydrogens is 414 g/mol. The second-order valence-electron chi connectivity index (χ2n) is 11.5. The number of rotatable bonds is 7. The van der Waals surface area contributed by atoms with Crippen LogP contribution in [0.5, 0.6) is 0 Å². The van der Waals surface area contributed by atoms with Crippen LogP contribution >= 0.6 is 0 Å². The summed E-state index contributed by atoms with van der Waals surface area (Å²) in [6.45, 7) is 18.2. The largest absolute Gasteiger partial charge is 0.444 e. The minimum absolute atomic E-state index is 0.0660. The molecule has 8 heteroatoms. The van der Waals surface area contributed by atoms with Crippen LogP contribution in [0.1, 0.15) is 67.2 Å². The van der Waals surface area contributed by atoms with Crippen molar-refractivity contribution in [3.63, 3.8) is 0 Å². The number of carbonyl (C=O) groups is 1. The zero-order valence-corrected chi connectivity index (χ0v) is 21.9. The van der Waals surface area contributed by atoms with Gasteiger partial charge in [-0.25, -0.2) is 4.79 Å². The van der Waals surface area contributed by atoms with Gasteiger partial charge in [0.1, 0.15) is 5.60 Å². The third-order valence-corrected chi connectivity index (χ3v) is 11.1. The zero-order chi connectivity index (χ0) is 23.4. The highest BCUT2D eigenvalue weighted by molar-refractivity contribution is 6.74. The Balaban J connectivity index is 2.12. The summed E-state index contributed by atoms with van der Waals surface area (Å²) in [6, 6.07) is -0.196. The molecule has 0 aromatic carbocycles.